The quantitative estimate of drug-likeness (QED) is 0.625. The first kappa shape index (κ1) is 9.52. The van der Waals surface area contributed by atoms with E-state index in [-0.39, 0.29) is 5.56 Å². The Bertz CT molecular complexity index is 358. The average Bonchev–Trinajstić information content (AvgIpc) is 2.50. The van der Waals surface area contributed by atoms with Crippen molar-refractivity contribution in [2.45, 2.75) is 44.6 Å². The maximum atomic E-state index is 11.2. The highest BCUT2D eigenvalue weighted by atomic mass is 16.1. The Labute approximate surface area is 82.9 Å². The van der Waals surface area contributed by atoms with Crippen LogP contribution < -0.4 is 11.3 Å². The SMILES string of the molecule is Cc1c(C2CCC(N)CC2)[nH][nH]c1=O. The molecule has 0 unspecified atom stereocenters. The Kier molecular flexibility index (Phi) is 2.46. The van der Waals surface area contributed by atoms with E-state index in [4.69, 9.17) is 5.73 Å². The molecule has 0 atom stereocenters. The molecular formula is C10H17N3O. The van der Waals surface area contributed by atoms with Crippen molar-refractivity contribution in [2.75, 3.05) is 0 Å². The summed E-state index contributed by atoms with van der Waals surface area (Å²) in [5, 5.41) is 5.61. The lowest BCUT2D eigenvalue weighted by atomic mass is 9.83. The minimum absolute atomic E-state index is 0.00914. The molecule has 1 fully saturated rings. The third-order valence-corrected chi connectivity index (χ3v) is 3.24. The van der Waals surface area contributed by atoms with Gasteiger partial charge in [-0.2, -0.15) is 0 Å². The molecule has 78 valence electrons. The van der Waals surface area contributed by atoms with Crippen molar-refractivity contribution in [3.8, 4) is 0 Å². The molecule has 1 aromatic rings. The summed E-state index contributed by atoms with van der Waals surface area (Å²) in [7, 11) is 0. The van der Waals surface area contributed by atoms with Crippen LogP contribution in [0.5, 0.6) is 0 Å². The number of aromatic nitrogens is 2. The van der Waals surface area contributed by atoms with Crippen molar-refractivity contribution in [2.24, 2.45) is 5.73 Å². The number of hydrogen-bond donors (Lipinski definition) is 3. The first-order valence-electron chi connectivity index (χ1n) is 5.21. The van der Waals surface area contributed by atoms with Crippen LogP contribution in [-0.4, -0.2) is 16.2 Å². The second-order valence-corrected chi connectivity index (χ2v) is 4.23. The number of nitrogens with two attached hydrogens (primary N) is 1. The lowest BCUT2D eigenvalue weighted by Crippen LogP contribution is -2.26. The van der Waals surface area contributed by atoms with E-state index in [1.807, 2.05) is 6.92 Å². The van der Waals surface area contributed by atoms with Gasteiger partial charge in [0, 0.05) is 23.2 Å². The molecule has 0 bridgehead atoms. The van der Waals surface area contributed by atoms with Gasteiger partial charge in [-0.1, -0.05) is 0 Å². The predicted octanol–water partition coefficient (Wildman–Crippen LogP) is 0.996. The molecule has 1 aliphatic rings. The molecule has 0 saturated heterocycles. The van der Waals surface area contributed by atoms with Gasteiger partial charge in [-0.15, -0.1) is 0 Å². The molecule has 14 heavy (non-hydrogen) atoms. The van der Waals surface area contributed by atoms with Crippen LogP contribution in [0.2, 0.25) is 0 Å². The summed E-state index contributed by atoms with van der Waals surface area (Å²) in [6.45, 7) is 1.87. The van der Waals surface area contributed by atoms with Crippen LogP contribution in [0.25, 0.3) is 0 Å². The van der Waals surface area contributed by atoms with Crippen molar-refractivity contribution < 1.29 is 0 Å². The molecule has 2 rings (SSSR count). The highest BCUT2D eigenvalue weighted by molar-refractivity contribution is 5.19. The van der Waals surface area contributed by atoms with Gasteiger partial charge in [-0.25, -0.2) is 0 Å². The monoisotopic (exact) mass is 195 g/mol. The summed E-state index contributed by atoms with van der Waals surface area (Å²) in [4.78, 5) is 11.2. The van der Waals surface area contributed by atoms with Crippen LogP contribution in [0.1, 0.15) is 42.9 Å². The summed E-state index contributed by atoms with van der Waals surface area (Å²) in [5.74, 6) is 0.494. The molecule has 1 aliphatic carbocycles. The summed E-state index contributed by atoms with van der Waals surface area (Å²) < 4.78 is 0. The summed E-state index contributed by atoms with van der Waals surface area (Å²) >= 11 is 0. The normalized spacial score (nSPS) is 27.9. The molecule has 1 saturated carbocycles. The summed E-state index contributed by atoms with van der Waals surface area (Å²) in [5.41, 5.74) is 7.77. The van der Waals surface area contributed by atoms with Gasteiger partial charge in [0.2, 0.25) is 0 Å². The molecule has 1 heterocycles. The predicted molar refractivity (Wildman–Crippen MR) is 55.3 cm³/mol. The fourth-order valence-corrected chi connectivity index (χ4v) is 2.25. The van der Waals surface area contributed by atoms with E-state index < -0.39 is 0 Å². The molecule has 1 aromatic heterocycles. The lowest BCUT2D eigenvalue weighted by Gasteiger charge is -2.25. The Morgan fingerprint density at radius 1 is 1.21 bits per heavy atom. The molecule has 0 aromatic carbocycles. The number of aromatic amines is 2. The second kappa shape index (κ2) is 3.61. The van der Waals surface area contributed by atoms with Gasteiger partial charge >= 0.3 is 0 Å². The zero-order valence-corrected chi connectivity index (χ0v) is 8.47. The van der Waals surface area contributed by atoms with Crippen LogP contribution in [0.4, 0.5) is 0 Å². The molecular weight excluding hydrogens is 178 g/mol. The average molecular weight is 195 g/mol. The standard InChI is InChI=1S/C10H17N3O/c1-6-9(12-13-10(6)14)7-2-4-8(11)5-3-7/h7-8H,2-5,11H2,1H3,(H2,12,13,14). The first-order valence-corrected chi connectivity index (χ1v) is 5.21. The number of nitrogens with one attached hydrogen (secondary N) is 2. The Balaban J connectivity index is 2.16. The molecule has 4 nitrogen and oxygen atoms in total. The van der Waals surface area contributed by atoms with Crippen LogP contribution in [0, 0.1) is 6.92 Å². The number of H-pyrrole nitrogens is 2. The minimum Gasteiger partial charge on any atom is -0.328 e. The third-order valence-electron chi connectivity index (χ3n) is 3.24. The van der Waals surface area contributed by atoms with Gasteiger partial charge < -0.3 is 10.8 Å². The fourth-order valence-electron chi connectivity index (χ4n) is 2.25. The molecule has 0 radical (unpaired) electrons. The van der Waals surface area contributed by atoms with Crippen LogP contribution in [0.3, 0.4) is 0 Å². The number of hydrogen-bond acceptors (Lipinski definition) is 2. The van der Waals surface area contributed by atoms with Gasteiger partial charge in [-0.3, -0.25) is 9.89 Å². The topological polar surface area (TPSA) is 74.7 Å². The van der Waals surface area contributed by atoms with E-state index in [9.17, 15) is 4.79 Å². The lowest BCUT2D eigenvalue weighted by molar-refractivity contribution is 0.389. The Hall–Kier alpha value is -1.03. The van der Waals surface area contributed by atoms with E-state index in [2.05, 4.69) is 10.2 Å². The van der Waals surface area contributed by atoms with E-state index in [0.29, 0.717) is 12.0 Å². The first-order chi connectivity index (χ1) is 6.68. The van der Waals surface area contributed by atoms with Gasteiger partial charge in [0.15, 0.2) is 0 Å². The molecule has 4 N–H and O–H groups in total. The summed E-state index contributed by atoms with van der Waals surface area (Å²) in [6, 6.07) is 0.359. The maximum Gasteiger partial charge on any atom is 0.267 e. The molecule has 4 heteroatoms. The highest BCUT2D eigenvalue weighted by Gasteiger charge is 2.23. The Morgan fingerprint density at radius 3 is 2.36 bits per heavy atom. The zero-order valence-electron chi connectivity index (χ0n) is 8.47. The minimum atomic E-state index is 0.00914. The molecule has 0 amide bonds. The van der Waals surface area contributed by atoms with Crippen molar-refractivity contribution in [1.82, 2.24) is 10.2 Å². The van der Waals surface area contributed by atoms with Crippen molar-refractivity contribution in [3.05, 3.63) is 21.6 Å². The van der Waals surface area contributed by atoms with E-state index >= 15 is 0 Å². The Morgan fingerprint density at radius 2 is 1.86 bits per heavy atom. The van der Waals surface area contributed by atoms with Crippen molar-refractivity contribution in [1.29, 1.82) is 0 Å². The maximum absolute atomic E-state index is 11.2. The second-order valence-electron chi connectivity index (χ2n) is 4.23. The number of rotatable bonds is 1. The van der Waals surface area contributed by atoms with Crippen molar-refractivity contribution >= 4 is 0 Å². The van der Waals surface area contributed by atoms with E-state index in [0.717, 1.165) is 36.9 Å². The molecule has 0 aliphatic heterocycles. The molecule has 0 spiro atoms. The van der Waals surface area contributed by atoms with Gasteiger partial charge in [0.1, 0.15) is 0 Å². The summed E-state index contributed by atoms with van der Waals surface area (Å²) in [6.07, 6.45) is 4.32. The zero-order chi connectivity index (χ0) is 10.1. The largest absolute Gasteiger partial charge is 0.328 e. The smallest absolute Gasteiger partial charge is 0.267 e. The van der Waals surface area contributed by atoms with Crippen molar-refractivity contribution in [3.63, 3.8) is 0 Å². The van der Waals surface area contributed by atoms with Gasteiger partial charge in [0.25, 0.3) is 5.56 Å². The van der Waals surface area contributed by atoms with Crippen LogP contribution >= 0.6 is 0 Å². The van der Waals surface area contributed by atoms with Gasteiger partial charge in [-0.05, 0) is 32.6 Å². The van der Waals surface area contributed by atoms with Crippen LogP contribution in [0.15, 0.2) is 4.79 Å². The van der Waals surface area contributed by atoms with Gasteiger partial charge in [0.05, 0.1) is 0 Å². The van der Waals surface area contributed by atoms with E-state index in [1.165, 1.54) is 0 Å². The van der Waals surface area contributed by atoms with E-state index in [1.54, 1.807) is 0 Å². The fraction of sp³-hybridized carbons (Fsp3) is 0.700. The highest BCUT2D eigenvalue weighted by Crippen LogP contribution is 2.31. The van der Waals surface area contributed by atoms with Crippen LogP contribution in [-0.2, 0) is 0 Å². The third kappa shape index (κ3) is 1.62.